The summed E-state index contributed by atoms with van der Waals surface area (Å²) in [4.78, 5) is 38.7. The molecule has 0 spiro atoms. The SMILES string of the molecule is CCOC(=O)C1CC[C@H]2[C@@H]3CC[C@@H]4CC(=O)C(CC)CC[C@]4(C)[C@H]3CC[C@]2(C)C1=O. The molecular formula is C26H40O4. The largest absolute Gasteiger partial charge is 0.465 e. The van der Waals surface area contributed by atoms with Gasteiger partial charge in [0.1, 0.15) is 11.7 Å². The van der Waals surface area contributed by atoms with Crippen molar-refractivity contribution in [2.24, 2.45) is 46.3 Å². The first kappa shape index (κ1) is 22.0. The van der Waals surface area contributed by atoms with E-state index in [1.165, 1.54) is 0 Å². The fourth-order valence-corrected chi connectivity index (χ4v) is 8.25. The molecule has 0 bridgehead atoms. The highest BCUT2D eigenvalue weighted by Gasteiger charge is 2.61. The molecule has 4 aliphatic carbocycles. The first-order valence-corrected chi connectivity index (χ1v) is 12.5. The number of hydrogen-bond acceptors (Lipinski definition) is 4. The average Bonchev–Trinajstić information content (AvgIpc) is 2.84. The van der Waals surface area contributed by atoms with Crippen molar-refractivity contribution in [1.82, 2.24) is 0 Å². The standard InChI is InChI=1S/C26H40O4/c1-5-16-11-13-25(3)17(15-22(16)27)7-8-18-20-10-9-19(24(29)30-6-2)23(28)26(20,4)14-12-21(18)25/h16-21H,5-15H2,1-4H3/t16?,17-,18+,19?,20+,21+,25+,26+/m1/s1. The maximum atomic E-state index is 13.5. The fraction of sp³-hybridized carbons (Fsp3) is 0.885. The highest BCUT2D eigenvalue weighted by Crippen LogP contribution is 2.64. The molecule has 4 nitrogen and oxygen atoms in total. The predicted octanol–water partition coefficient (Wildman–Crippen LogP) is 5.37. The summed E-state index contributed by atoms with van der Waals surface area (Å²) in [5.74, 6) is 2.09. The summed E-state index contributed by atoms with van der Waals surface area (Å²) in [7, 11) is 0. The van der Waals surface area contributed by atoms with Gasteiger partial charge in [-0.25, -0.2) is 0 Å². The van der Waals surface area contributed by atoms with E-state index in [1.54, 1.807) is 6.92 Å². The minimum atomic E-state index is -0.560. The van der Waals surface area contributed by atoms with Crippen molar-refractivity contribution in [3.8, 4) is 0 Å². The van der Waals surface area contributed by atoms with E-state index in [2.05, 4.69) is 20.8 Å². The average molecular weight is 417 g/mol. The van der Waals surface area contributed by atoms with Gasteiger partial charge < -0.3 is 4.74 Å². The molecule has 4 heteroatoms. The highest BCUT2D eigenvalue weighted by atomic mass is 16.5. The topological polar surface area (TPSA) is 60.4 Å². The minimum absolute atomic E-state index is 0.144. The van der Waals surface area contributed by atoms with Gasteiger partial charge in [0.15, 0.2) is 5.78 Å². The zero-order valence-electron chi connectivity index (χ0n) is 19.4. The van der Waals surface area contributed by atoms with Crippen molar-refractivity contribution in [1.29, 1.82) is 0 Å². The smallest absolute Gasteiger partial charge is 0.316 e. The molecule has 4 saturated carbocycles. The molecule has 0 aromatic rings. The van der Waals surface area contributed by atoms with Gasteiger partial charge in [0, 0.05) is 17.8 Å². The van der Waals surface area contributed by atoms with Crippen molar-refractivity contribution < 1.29 is 19.1 Å². The van der Waals surface area contributed by atoms with Gasteiger partial charge in [0.05, 0.1) is 6.61 Å². The Morgan fingerprint density at radius 2 is 1.73 bits per heavy atom. The van der Waals surface area contributed by atoms with Crippen LogP contribution in [0, 0.1) is 46.3 Å². The van der Waals surface area contributed by atoms with E-state index in [0.717, 1.165) is 57.8 Å². The first-order chi connectivity index (χ1) is 14.3. The number of rotatable bonds is 3. The number of ether oxygens (including phenoxy) is 1. The van der Waals surface area contributed by atoms with Crippen molar-refractivity contribution in [2.75, 3.05) is 6.61 Å². The Morgan fingerprint density at radius 3 is 2.43 bits per heavy atom. The molecule has 0 aromatic heterocycles. The van der Waals surface area contributed by atoms with Crippen LogP contribution in [0.4, 0.5) is 0 Å². The van der Waals surface area contributed by atoms with Crippen molar-refractivity contribution in [3.05, 3.63) is 0 Å². The lowest BCUT2D eigenvalue weighted by Gasteiger charge is -2.60. The third-order valence-corrected chi connectivity index (χ3v) is 10.1. The van der Waals surface area contributed by atoms with Gasteiger partial charge in [0.25, 0.3) is 0 Å². The van der Waals surface area contributed by atoms with Crippen LogP contribution in [0.25, 0.3) is 0 Å². The number of fused-ring (bicyclic) bond motifs is 5. The number of carbonyl (C=O) groups is 3. The second kappa shape index (κ2) is 8.06. The molecule has 4 aliphatic rings. The second-order valence-corrected chi connectivity index (χ2v) is 11.2. The van der Waals surface area contributed by atoms with Crippen LogP contribution in [0.2, 0.25) is 0 Å². The first-order valence-electron chi connectivity index (χ1n) is 12.5. The molecule has 30 heavy (non-hydrogen) atoms. The number of Topliss-reactive ketones (excluding diaryl/α,β-unsaturated/α-hetero) is 2. The lowest BCUT2D eigenvalue weighted by molar-refractivity contribution is -0.168. The molecule has 0 aliphatic heterocycles. The van der Waals surface area contributed by atoms with Crippen molar-refractivity contribution in [3.63, 3.8) is 0 Å². The quantitative estimate of drug-likeness (QED) is 0.458. The molecule has 0 amide bonds. The molecular weight excluding hydrogens is 376 g/mol. The van der Waals surface area contributed by atoms with Gasteiger partial charge in [-0.2, -0.15) is 0 Å². The van der Waals surface area contributed by atoms with Gasteiger partial charge in [-0.3, -0.25) is 14.4 Å². The highest BCUT2D eigenvalue weighted by molar-refractivity contribution is 6.02. The van der Waals surface area contributed by atoms with Gasteiger partial charge in [-0.05, 0) is 93.8 Å². The van der Waals surface area contributed by atoms with E-state index in [4.69, 9.17) is 4.74 Å². The third kappa shape index (κ3) is 3.28. The van der Waals surface area contributed by atoms with E-state index in [0.29, 0.717) is 42.5 Å². The summed E-state index contributed by atoms with van der Waals surface area (Å²) >= 11 is 0. The van der Waals surface area contributed by atoms with E-state index in [1.807, 2.05) is 0 Å². The molecule has 4 rings (SSSR count). The van der Waals surface area contributed by atoms with Crippen LogP contribution in [0.3, 0.4) is 0 Å². The number of hydrogen-bond donors (Lipinski definition) is 0. The van der Waals surface area contributed by atoms with E-state index < -0.39 is 5.92 Å². The van der Waals surface area contributed by atoms with E-state index in [-0.39, 0.29) is 28.5 Å². The van der Waals surface area contributed by atoms with Crippen LogP contribution in [-0.4, -0.2) is 24.1 Å². The van der Waals surface area contributed by atoms with Gasteiger partial charge in [-0.1, -0.05) is 20.8 Å². The summed E-state index contributed by atoms with van der Waals surface area (Å²) in [6.45, 7) is 8.90. The molecule has 0 aromatic carbocycles. The molecule has 0 radical (unpaired) electrons. The summed E-state index contributed by atoms with van der Waals surface area (Å²) in [5, 5.41) is 0. The van der Waals surface area contributed by atoms with Crippen molar-refractivity contribution >= 4 is 17.5 Å². The third-order valence-electron chi connectivity index (χ3n) is 10.1. The van der Waals surface area contributed by atoms with Crippen LogP contribution in [0.1, 0.15) is 91.9 Å². The zero-order chi connectivity index (χ0) is 21.7. The Morgan fingerprint density at radius 1 is 0.967 bits per heavy atom. The summed E-state index contributed by atoms with van der Waals surface area (Å²) in [6.07, 6.45) is 9.78. The summed E-state index contributed by atoms with van der Waals surface area (Å²) in [5.41, 5.74) is -0.155. The number of esters is 1. The Bertz CT molecular complexity index is 714. The number of carbonyl (C=O) groups excluding carboxylic acids is 3. The Hall–Kier alpha value is -1.19. The molecule has 0 heterocycles. The molecule has 0 N–H and O–H groups in total. The lowest BCUT2D eigenvalue weighted by atomic mass is 9.43. The second-order valence-electron chi connectivity index (χ2n) is 11.2. The van der Waals surface area contributed by atoms with Gasteiger partial charge in [-0.15, -0.1) is 0 Å². The predicted molar refractivity (Wildman–Crippen MR) is 116 cm³/mol. The van der Waals surface area contributed by atoms with E-state index in [9.17, 15) is 14.4 Å². The van der Waals surface area contributed by atoms with E-state index >= 15 is 0 Å². The molecule has 168 valence electrons. The maximum Gasteiger partial charge on any atom is 0.316 e. The van der Waals surface area contributed by atoms with Crippen LogP contribution in [0.5, 0.6) is 0 Å². The van der Waals surface area contributed by atoms with Crippen LogP contribution in [0.15, 0.2) is 0 Å². The molecule has 4 fully saturated rings. The minimum Gasteiger partial charge on any atom is -0.465 e. The van der Waals surface area contributed by atoms with Crippen LogP contribution >= 0.6 is 0 Å². The monoisotopic (exact) mass is 416 g/mol. The number of ketones is 2. The summed E-state index contributed by atoms with van der Waals surface area (Å²) < 4.78 is 5.22. The Labute approximate surface area is 181 Å². The van der Waals surface area contributed by atoms with Gasteiger partial charge in [0.2, 0.25) is 0 Å². The van der Waals surface area contributed by atoms with Crippen molar-refractivity contribution in [2.45, 2.75) is 91.9 Å². The molecule has 8 atom stereocenters. The molecule has 0 saturated heterocycles. The van der Waals surface area contributed by atoms with Crippen LogP contribution in [-0.2, 0) is 19.1 Å². The normalized spacial score (nSPS) is 46.3. The maximum absolute atomic E-state index is 13.5. The molecule has 2 unspecified atom stereocenters. The summed E-state index contributed by atoms with van der Waals surface area (Å²) in [6, 6.07) is 0. The zero-order valence-corrected chi connectivity index (χ0v) is 19.4. The van der Waals surface area contributed by atoms with Crippen LogP contribution < -0.4 is 0 Å². The van der Waals surface area contributed by atoms with Gasteiger partial charge >= 0.3 is 5.97 Å². The fourth-order valence-electron chi connectivity index (χ4n) is 8.25. The Balaban J connectivity index is 1.58. The Kier molecular flexibility index (Phi) is 5.91. The lowest BCUT2D eigenvalue weighted by Crippen LogP contribution is -2.57.